The number of sulfonamides is 1. The van der Waals surface area contributed by atoms with Crippen molar-refractivity contribution < 1.29 is 8.42 Å². The topological polar surface area (TPSA) is 63.5 Å². The molecule has 1 aromatic carbocycles. The number of pyridine rings is 1. The van der Waals surface area contributed by atoms with Gasteiger partial charge in [-0.05, 0) is 46.3 Å². The predicted molar refractivity (Wildman–Crippen MR) is 93.4 cm³/mol. The number of aromatic nitrogens is 2. The molecule has 3 rings (SSSR count). The largest absolute Gasteiger partial charge is 0.306 e. The van der Waals surface area contributed by atoms with Gasteiger partial charge in [0.1, 0.15) is 5.65 Å². The van der Waals surface area contributed by atoms with Crippen LogP contribution in [0.25, 0.3) is 5.65 Å². The smallest absolute Gasteiger partial charge is 0.240 e. The average molecular weight is 435 g/mol. The van der Waals surface area contributed by atoms with E-state index in [0.29, 0.717) is 10.7 Å². The predicted octanol–water partition coefficient (Wildman–Crippen LogP) is 3.88. The third-order valence-corrected chi connectivity index (χ3v) is 5.72. The monoisotopic (exact) mass is 433 g/mol. The van der Waals surface area contributed by atoms with Gasteiger partial charge in [-0.2, -0.15) is 0 Å². The van der Waals surface area contributed by atoms with Gasteiger partial charge < -0.3 is 4.40 Å². The Kier molecular flexibility index (Phi) is 4.66. The highest BCUT2D eigenvalue weighted by atomic mass is 79.9. The molecule has 0 aliphatic heterocycles. The lowest BCUT2D eigenvalue weighted by molar-refractivity contribution is 0.580. The van der Waals surface area contributed by atoms with Crippen LogP contribution in [0.1, 0.15) is 5.69 Å². The van der Waals surface area contributed by atoms with Gasteiger partial charge in [-0.1, -0.05) is 23.2 Å². The van der Waals surface area contributed by atoms with E-state index in [1.54, 1.807) is 6.20 Å². The van der Waals surface area contributed by atoms with Crippen molar-refractivity contribution in [3.63, 3.8) is 0 Å². The minimum atomic E-state index is -3.69. The number of fused-ring (bicyclic) bond motifs is 1. The zero-order chi connectivity index (χ0) is 16.6. The van der Waals surface area contributed by atoms with E-state index in [2.05, 4.69) is 25.6 Å². The van der Waals surface area contributed by atoms with Crippen molar-refractivity contribution in [1.82, 2.24) is 14.1 Å². The molecule has 0 atom stereocenters. The second-order valence-corrected chi connectivity index (χ2v) is 8.24. The van der Waals surface area contributed by atoms with Crippen molar-refractivity contribution >= 4 is 54.8 Å². The Morgan fingerprint density at radius 2 is 1.91 bits per heavy atom. The average Bonchev–Trinajstić information content (AvgIpc) is 2.90. The maximum absolute atomic E-state index is 12.3. The van der Waals surface area contributed by atoms with Gasteiger partial charge in [0.2, 0.25) is 10.0 Å². The highest BCUT2D eigenvalue weighted by molar-refractivity contribution is 9.10. The first-order valence-electron chi connectivity index (χ1n) is 6.43. The minimum Gasteiger partial charge on any atom is -0.306 e. The zero-order valence-corrected chi connectivity index (χ0v) is 15.4. The van der Waals surface area contributed by atoms with Gasteiger partial charge in [-0.3, -0.25) is 0 Å². The van der Waals surface area contributed by atoms with E-state index in [1.807, 2.05) is 22.7 Å². The molecule has 0 unspecified atom stereocenters. The highest BCUT2D eigenvalue weighted by Crippen LogP contribution is 2.24. The molecule has 23 heavy (non-hydrogen) atoms. The van der Waals surface area contributed by atoms with Gasteiger partial charge in [0, 0.05) is 16.9 Å². The molecule has 0 spiro atoms. The standard InChI is InChI=1S/C14H10BrCl2N3O2S/c15-9-1-4-14-19-10(8-20(14)7-9)6-18-23(21,22)11-2-3-12(16)13(17)5-11/h1-5,7-8,18H,6H2. The normalized spacial score (nSPS) is 12.0. The Labute approximate surface area is 151 Å². The quantitative estimate of drug-likeness (QED) is 0.677. The number of rotatable bonds is 4. The molecule has 3 aromatic rings. The summed E-state index contributed by atoms with van der Waals surface area (Å²) in [5, 5.41) is 0.490. The number of benzene rings is 1. The van der Waals surface area contributed by atoms with Crippen LogP contribution >= 0.6 is 39.1 Å². The summed E-state index contributed by atoms with van der Waals surface area (Å²) in [7, 11) is -3.69. The molecular formula is C14H10BrCl2N3O2S. The van der Waals surface area contributed by atoms with E-state index >= 15 is 0 Å². The molecule has 0 saturated heterocycles. The third kappa shape index (κ3) is 3.70. The fourth-order valence-corrected chi connectivity index (χ4v) is 3.74. The van der Waals surface area contributed by atoms with Crippen LogP contribution < -0.4 is 4.72 Å². The van der Waals surface area contributed by atoms with Crippen LogP contribution in [0.2, 0.25) is 10.0 Å². The van der Waals surface area contributed by atoms with Gasteiger partial charge in [-0.15, -0.1) is 0 Å². The Balaban J connectivity index is 1.81. The van der Waals surface area contributed by atoms with Gasteiger partial charge in [0.25, 0.3) is 0 Å². The summed E-state index contributed by atoms with van der Waals surface area (Å²) in [6.45, 7) is 0.0713. The van der Waals surface area contributed by atoms with Crippen LogP contribution in [-0.2, 0) is 16.6 Å². The number of imidazole rings is 1. The molecule has 0 fully saturated rings. The van der Waals surface area contributed by atoms with E-state index in [9.17, 15) is 8.42 Å². The van der Waals surface area contributed by atoms with Crippen LogP contribution in [0.5, 0.6) is 0 Å². The molecule has 0 saturated carbocycles. The zero-order valence-electron chi connectivity index (χ0n) is 11.5. The van der Waals surface area contributed by atoms with Crippen molar-refractivity contribution in [2.24, 2.45) is 0 Å². The molecule has 0 radical (unpaired) electrons. The van der Waals surface area contributed by atoms with Crippen molar-refractivity contribution in [1.29, 1.82) is 0 Å². The number of nitrogens with zero attached hydrogens (tertiary/aromatic N) is 2. The first-order valence-corrected chi connectivity index (χ1v) is 9.46. The van der Waals surface area contributed by atoms with E-state index < -0.39 is 10.0 Å². The number of hydrogen-bond donors (Lipinski definition) is 1. The fourth-order valence-electron chi connectivity index (χ4n) is 2.00. The SMILES string of the molecule is O=S(=O)(NCc1cn2cc(Br)ccc2n1)c1ccc(Cl)c(Cl)c1. The van der Waals surface area contributed by atoms with Crippen LogP contribution in [0.3, 0.4) is 0 Å². The summed E-state index contributed by atoms with van der Waals surface area (Å²) in [6.07, 6.45) is 3.61. The Hall–Kier alpha value is -1.12. The summed E-state index contributed by atoms with van der Waals surface area (Å²) in [6, 6.07) is 7.86. The molecular weight excluding hydrogens is 425 g/mol. The lowest BCUT2D eigenvalue weighted by Gasteiger charge is -2.06. The second-order valence-electron chi connectivity index (χ2n) is 4.75. The van der Waals surface area contributed by atoms with Crippen molar-refractivity contribution in [3.05, 3.63) is 62.9 Å². The molecule has 2 heterocycles. The summed E-state index contributed by atoms with van der Waals surface area (Å²) in [5.41, 5.74) is 1.34. The first-order chi connectivity index (χ1) is 10.8. The highest BCUT2D eigenvalue weighted by Gasteiger charge is 2.16. The molecule has 0 amide bonds. The van der Waals surface area contributed by atoms with Gasteiger partial charge in [0.05, 0.1) is 27.2 Å². The summed E-state index contributed by atoms with van der Waals surface area (Å²) >= 11 is 15.0. The van der Waals surface area contributed by atoms with Crippen molar-refractivity contribution in [2.75, 3.05) is 0 Å². The molecule has 9 heteroatoms. The van der Waals surface area contributed by atoms with Crippen LogP contribution in [0, 0.1) is 0 Å². The maximum atomic E-state index is 12.3. The molecule has 120 valence electrons. The summed E-state index contributed by atoms with van der Waals surface area (Å²) < 4.78 is 29.8. The van der Waals surface area contributed by atoms with Crippen LogP contribution in [-0.4, -0.2) is 17.8 Å². The lowest BCUT2D eigenvalue weighted by Crippen LogP contribution is -2.23. The number of hydrogen-bond acceptors (Lipinski definition) is 3. The van der Waals surface area contributed by atoms with Crippen LogP contribution in [0.4, 0.5) is 0 Å². The van der Waals surface area contributed by atoms with Gasteiger partial charge >= 0.3 is 0 Å². The van der Waals surface area contributed by atoms with Crippen LogP contribution in [0.15, 0.2) is 52.1 Å². The van der Waals surface area contributed by atoms with Gasteiger partial charge in [-0.25, -0.2) is 18.1 Å². The molecule has 0 aliphatic carbocycles. The summed E-state index contributed by atoms with van der Waals surface area (Å²) in [4.78, 5) is 4.40. The lowest BCUT2D eigenvalue weighted by atomic mass is 10.4. The van der Waals surface area contributed by atoms with Crippen molar-refractivity contribution in [3.8, 4) is 0 Å². The Bertz CT molecular complexity index is 989. The first kappa shape index (κ1) is 16.7. The molecule has 0 aliphatic rings. The third-order valence-electron chi connectivity index (χ3n) is 3.11. The Morgan fingerprint density at radius 3 is 2.65 bits per heavy atom. The molecule has 0 bridgehead atoms. The fraction of sp³-hybridized carbons (Fsp3) is 0.0714. The van der Waals surface area contributed by atoms with E-state index in [0.717, 1.165) is 10.1 Å². The van der Waals surface area contributed by atoms with E-state index in [4.69, 9.17) is 23.2 Å². The molecule has 1 N–H and O–H groups in total. The molecule has 5 nitrogen and oxygen atoms in total. The number of halogens is 3. The van der Waals surface area contributed by atoms with E-state index in [-0.39, 0.29) is 16.5 Å². The number of nitrogens with one attached hydrogen (secondary N) is 1. The second kappa shape index (κ2) is 6.41. The maximum Gasteiger partial charge on any atom is 0.240 e. The Morgan fingerprint density at radius 1 is 1.13 bits per heavy atom. The summed E-state index contributed by atoms with van der Waals surface area (Å²) in [5.74, 6) is 0. The van der Waals surface area contributed by atoms with E-state index in [1.165, 1.54) is 18.2 Å². The minimum absolute atomic E-state index is 0.0541. The van der Waals surface area contributed by atoms with Crippen molar-refractivity contribution in [2.45, 2.75) is 11.4 Å². The van der Waals surface area contributed by atoms with Gasteiger partial charge in [0.15, 0.2) is 0 Å². The molecule has 2 aromatic heterocycles.